The monoisotopic (exact) mass is 547 g/mol. The van der Waals surface area contributed by atoms with Gasteiger partial charge in [0.15, 0.2) is 5.82 Å². The van der Waals surface area contributed by atoms with Crippen LogP contribution in [0.5, 0.6) is 5.75 Å². The van der Waals surface area contributed by atoms with Crippen LogP contribution in [-0.2, 0) is 22.7 Å². The average molecular weight is 548 g/mol. The summed E-state index contributed by atoms with van der Waals surface area (Å²) in [6, 6.07) is 6.43. The Morgan fingerprint density at radius 3 is 2.67 bits per heavy atom. The van der Waals surface area contributed by atoms with Crippen molar-refractivity contribution in [1.82, 2.24) is 29.3 Å². The number of Topliss-reactive ketones (excluding diaryl/α,β-unsaturated/α-hetero) is 1. The average Bonchev–Trinajstić information content (AvgIpc) is 3.48. The zero-order chi connectivity index (χ0) is 27.1. The van der Waals surface area contributed by atoms with Crippen LogP contribution >= 0.6 is 11.3 Å². The largest absolute Gasteiger partial charge is 0.495 e. The van der Waals surface area contributed by atoms with Crippen molar-refractivity contribution in [2.45, 2.75) is 32.9 Å². The van der Waals surface area contributed by atoms with Gasteiger partial charge in [-0.05, 0) is 43.0 Å². The number of hydrogen-bond donors (Lipinski definition) is 1. The normalized spacial score (nSPS) is 17.4. The Bertz CT molecular complexity index is 1550. The van der Waals surface area contributed by atoms with Gasteiger partial charge in [0.2, 0.25) is 6.41 Å². The molecule has 2 aliphatic rings. The molecule has 39 heavy (non-hydrogen) atoms. The van der Waals surface area contributed by atoms with Gasteiger partial charge in [-0.25, -0.2) is 9.50 Å². The smallest absolute Gasteiger partial charge is 0.209 e. The zero-order valence-corrected chi connectivity index (χ0v) is 23.2. The predicted molar refractivity (Wildman–Crippen MR) is 152 cm³/mol. The van der Waals surface area contributed by atoms with Crippen LogP contribution in [0.1, 0.15) is 29.7 Å². The first-order chi connectivity index (χ1) is 18.9. The second-order valence-electron chi connectivity index (χ2n) is 10.5. The van der Waals surface area contributed by atoms with E-state index in [1.165, 1.54) is 6.33 Å². The van der Waals surface area contributed by atoms with Gasteiger partial charge in [-0.3, -0.25) is 19.4 Å². The highest BCUT2D eigenvalue weighted by molar-refractivity contribution is 7.22. The van der Waals surface area contributed by atoms with E-state index in [9.17, 15) is 9.59 Å². The maximum atomic E-state index is 12.4. The Morgan fingerprint density at radius 1 is 1.10 bits per heavy atom. The molecule has 0 saturated carbocycles. The molecule has 0 radical (unpaired) electrons. The van der Waals surface area contributed by atoms with Crippen LogP contribution in [-0.4, -0.2) is 87.9 Å². The number of nitrogens with two attached hydrogens (primary N) is 1. The SMILES string of the molecule is COc1cc(C)cc2cc(-c3c(CN4CCCC(=O)C4)c(CN4CCN(C=O)CC4)n4ncnc(N)c34)sc12. The number of fused-ring (bicyclic) bond motifs is 2. The van der Waals surface area contributed by atoms with Crippen LogP contribution in [0.3, 0.4) is 0 Å². The van der Waals surface area contributed by atoms with Gasteiger partial charge in [-0.1, -0.05) is 6.07 Å². The molecule has 0 aliphatic carbocycles. The maximum absolute atomic E-state index is 12.4. The molecule has 11 heteroatoms. The first-order valence-electron chi connectivity index (χ1n) is 13.3. The molecule has 2 aliphatic heterocycles. The van der Waals surface area contributed by atoms with E-state index in [1.54, 1.807) is 18.4 Å². The van der Waals surface area contributed by atoms with Crippen molar-refractivity contribution in [3.8, 4) is 16.2 Å². The van der Waals surface area contributed by atoms with E-state index in [-0.39, 0.29) is 5.78 Å². The third-order valence-electron chi connectivity index (χ3n) is 7.79. The molecular weight excluding hydrogens is 514 g/mol. The lowest BCUT2D eigenvalue weighted by atomic mass is 10.0. The van der Waals surface area contributed by atoms with E-state index >= 15 is 0 Å². The minimum absolute atomic E-state index is 0.277. The number of amides is 1. The van der Waals surface area contributed by atoms with Crippen molar-refractivity contribution in [1.29, 1.82) is 0 Å². The van der Waals surface area contributed by atoms with Crippen LogP contribution < -0.4 is 10.5 Å². The molecule has 3 aromatic heterocycles. The number of hydrogen-bond acceptors (Lipinski definition) is 9. The zero-order valence-electron chi connectivity index (χ0n) is 22.4. The summed E-state index contributed by atoms with van der Waals surface area (Å²) >= 11 is 1.68. The molecule has 1 aromatic carbocycles. The summed E-state index contributed by atoms with van der Waals surface area (Å²) < 4.78 is 8.75. The highest BCUT2D eigenvalue weighted by Crippen LogP contribution is 2.44. The molecule has 5 heterocycles. The van der Waals surface area contributed by atoms with Crippen molar-refractivity contribution >= 4 is 45.0 Å². The number of benzene rings is 1. The highest BCUT2D eigenvalue weighted by Gasteiger charge is 2.29. The van der Waals surface area contributed by atoms with E-state index in [2.05, 4.69) is 45.0 Å². The minimum Gasteiger partial charge on any atom is -0.495 e. The molecule has 2 N–H and O–H groups in total. The molecule has 204 valence electrons. The van der Waals surface area contributed by atoms with Crippen molar-refractivity contribution in [3.63, 3.8) is 0 Å². The van der Waals surface area contributed by atoms with E-state index in [1.807, 2.05) is 9.42 Å². The summed E-state index contributed by atoms with van der Waals surface area (Å²) in [4.78, 5) is 35.5. The number of thiophene rings is 1. The third-order valence-corrected chi connectivity index (χ3v) is 8.98. The van der Waals surface area contributed by atoms with Crippen LogP contribution in [0.2, 0.25) is 0 Å². The minimum atomic E-state index is 0.277. The standard InChI is InChI=1S/C28H33N7O3S/c1-18-10-19-12-24(39-27(19)23(11-18)38-2)25-21(14-34-5-3-4-20(37)13-34)22(35-26(25)28(29)30-16-31-35)15-32-6-8-33(17-36)9-7-32/h10-12,16-17H,3-9,13-15H2,1-2H3,(H2,29,30,31). The number of piperidine rings is 1. The lowest BCUT2D eigenvalue weighted by molar-refractivity contribution is -0.122. The number of carbonyl (C=O) groups excluding carboxylic acids is 2. The molecule has 2 saturated heterocycles. The summed E-state index contributed by atoms with van der Waals surface area (Å²) in [6.07, 6.45) is 3.94. The Morgan fingerprint density at radius 2 is 1.92 bits per heavy atom. The van der Waals surface area contributed by atoms with Crippen LogP contribution in [0.4, 0.5) is 5.82 Å². The second kappa shape index (κ2) is 10.6. The Labute approximate surface area is 230 Å². The van der Waals surface area contributed by atoms with E-state index in [0.717, 1.165) is 81.1 Å². The number of nitrogens with zero attached hydrogens (tertiary/aromatic N) is 6. The third kappa shape index (κ3) is 4.86. The summed E-state index contributed by atoms with van der Waals surface area (Å²) in [5.41, 5.74) is 11.7. The highest BCUT2D eigenvalue weighted by atomic mass is 32.1. The van der Waals surface area contributed by atoms with Crippen molar-refractivity contribution in [2.75, 3.05) is 52.1 Å². The second-order valence-corrected chi connectivity index (χ2v) is 11.5. The first-order valence-corrected chi connectivity index (χ1v) is 14.1. The summed E-state index contributed by atoms with van der Waals surface area (Å²) in [5.74, 6) is 1.55. The summed E-state index contributed by atoms with van der Waals surface area (Å²) in [6.45, 7) is 7.63. The molecule has 0 atom stereocenters. The number of carbonyl (C=O) groups is 2. The van der Waals surface area contributed by atoms with Gasteiger partial charge in [-0.2, -0.15) is 5.10 Å². The van der Waals surface area contributed by atoms with Crippen molar-refractivity contribution in [2.24, 2.45) is 0 Å². The number of aromatic nitrogens is 3. The van der Waals surface area contributed by atoms with Gasteiger partial charge in [0.1, 0.15) is 23.4 Å². The molecule has 0 unspecified atom stereocenters. The number of piperazine rings is 1. The van der Waals surface area contributed by atoms with Crippen LogP contribution in [0.25, 0.3) is 26.0 Å². The Hall–Kier alpha value is -3.54. The number of methoxy groups -OCH3 is 1. The fourth-order valence-electron chi connectivity index (χ4n) is 5.86. The quantitative estimate of drug-likeness (QED) is 0.352. The van der Waals surface area contributed by atoms with E-state index < -0.39 is 0 Å². The number of aryl methyl sites for hydroxylation is 1. The summed E-state index contributed by atoms with van der Waals surface area (Å²) in [5, 5.41) is 5.80. The number of anilines is 1. The number of ether oxygens (including phenoxy) is 1. The molecule has 0 spiro atoms. The maximum Gasteiger partial charge on any atom is 0.209 e. The van der Waals surface area contributed by atoms with Crippen LogP contribution in [0.15, 0.2) is 24.5 Å². The topological polar surface area (TPSA) is 109 Å². The predicted octanol–water partition coefficient (Wildman–Crippen LogP) is 2.95. The number of nitrogen functional groups attached to an aromatic ring is 1. The molecule has 1 amide bonds. The lowest BCUT2D eigenvalue weighted by Gasteiger charge is -2.33. The molecule has 6 rings (SSSR count). The van der Waals surface area contributed by atoms with Gasteiger partial charge >= 0.3 is 0 Å². The van der Waals surface area contributed by atoms with Gasteiger partial charge in [-0.15, -0.1) is 11.3 Å². The number of ketones is 1. The molecule has 2 fully saturated rings. The first kappa shape index (κ1) is 25.7. The fourth-order valence-corrected chi connectivity index (χ4v) is 7.07. The van der Waals surface area contributed by atoms with Crippen molar-refractivity contribution in [3.05, 3.63) is 41.3 Å². The van der Waals surface area contributed by atoms with E-state index in [4.69, 9.17) is 10.5 Å². The van der Waals surface area contributed by atoms with Gasteiger partial charge in [0.25, 0.3) is 0 Å². The number of likely N-dealkylation sites (tertiary alicyclic amines) is 1. The Balaban J connectivity index is 1.53. The van der Waals surface area contributed by atoms with Crippen LogP contribution in [0, 0.1) is 6.92 Å². The number of rotatable bonds is 7. The summed E-state index contributed by atoms with van der Waals surface area (Å²) in [7, 11) is 1.70. The lowest BCUT2D eigenvalue weighted by Crippen LogP contribution is -2.45. The fraction of sp³-hybridized carbons (Fsp3) is 0.429. The van der Waals surface area contributed by atoms with Gasteiger partial charge in [0.05, 0.1) is 24.0 Å². The molecule has 4 aromatic rings. The molecular formula is C28H33N7O3S. The molecule has 0 bridgehead atoms. The van der Waals surface area contributed by atoms with Gasteiger partial charge in [0, 0.05) is 61.7 Å². The van der Waals surface area contributed by atoms with Crippen molar-refractivity contribution < 1.29 is 14.3 Å². The molecule has 10 nitrogen and oxygen atoms in total. The van der Waals surface area contributed by atoms with E-state index in [0.29, 0.717) is 45.0 Å². The van der Waals surface area contributed by atoms with Gasteiger partial charge < -0.3 is 15.4 Å². The Kier molecular flexibility index (Phi) is 6.96.